The van der Waals surface area contributed by atoms with Crippen molar-refractivity contribution in [2.45, 2.75) is 71.8 Å². The van der Waals surface area contributed by atoms with Gasteiger partial charge in [0, 0.05) is 17.3 Å². The highest BCUT2D eigenvalue weighted by atomic mass is 19.1. The van der Waals surface area contributed by atoms with Crippen LogP contribution in [0.15, 0.2) is 27.6 Å². The number of hydrogen-bond acceptors (Lipinski definition) is 7. The van der Waals surface area contributed by atoms with Crippen LogP contribution in [0.5, 0.6) is 0 Å². The Morgan fingerprint density at radius 3 is 2.54 bits per heavy atom. The Balaban J connectivity index is 1.56. The van der Waals surface area contributed by atoms with Crippen molar-refractivity contribution in [3.05, 3.63) is 47.1 Å². The van der Waals surface area contributed by atoms with Crippen molar-refractivity contribution in [1.29, 1.82) is 0 Å². The maximum atomic E-state index is 15.0. The van der Waals surface area contributed by atoms with Crippen LogP contribution >= 0.6 is 0 Å². The lowest BCUT2D eigenvalue weighted by atomic mass is 9.90. The van der Waals surface area contributed by atoms with Crippen LogP contribution in [-0.4, -0.2) is 33.2 Å². The molecule has 186 valence electrons. The summed E-state index contributed by atoms with van der Waals surface area (Å²) in [6.45, 7) is 5.37. The highest BCUT2D eigenvalue weighted by Gasteiger charge is 2.32. The number of nitrogens with zero attached hydrogens (tertiary/aromatic N) is 3. The highest BCUT2D eigenvalue weighted by molar-refractivity contribution is 6.01. The highest BCUT2D eigenvalue weighted by Crippen LogP contribution is 2.29. The third kappa shape index (κ3) is 5.41. The van der Waals surface area contributed by atoms with Crippen LogP contribution in [0.4, 0.5) is 10.2 Å². The zero-order valence-corrected chi connectivity index (χ0v) is 20.2. The first kappa shape index (κ1) is 24.6. The maximum Gasteiger partial charge on any atom is 0.257 e. The molecule has 0 unspecified atom stereocenters. The molecule has 1 fully saturated rings. The van der Waals surface area contributed by atoms with Gasteiger partial charge < -0.3 is 19.7 Å². The Morgan fingerprint density at radius 1 is 1.17 bits per heavy atom. The van der Waals surface area contributed by atoms with Gasteiger partial charge in [0.05, 0.1) is 11.4 Å². The van der Waals surface area contributed by atoms with Crippen LogP contribution in [0.2, 0.25) is 0 Å². The van der Waals surface area contributed by atoms with E-state index in [1.165, 1.54) is 18.5 Å². The van der Waals surface area contributed by atoms with Crippen molar-refractivity contribution in [2.24, 2.45) is 5.92 Å². The molecule has 35 heavy (non-hydrogen) atoms. The van der Waals surface area contributed by atoms with Crippen molar-refractivity contribution in [1.82, 2.24) is 20.6 Å². The van der Waals surface area contributed by atoms with E-state index in [1.54, 1.807) is 13.8 Å². The summed E-state index contributed by atoms with van der Waals surface area (Å²) >= 11 is 0. The van der Waals surface area contributed by atoms with E-state index in [1.807, 2.05) is 6.92 Å². The van der Waals surface area contributed by atoms with Gasteiger partial charge in [0.1, 0.15) is 23.6 Å². The minimum atomic E-state index is -0.844. The Labute approximate surface area is 202 Å². The fraction of sp³-hybridized carbons (Fsp3) is 0.480. The summed E-state index contributed by atoms with van der Waals surface area (Å²) in [5.74, 6) is -1.34. The van der Waals surface area contributed by atoms with Gasteiger partial charge in [-0.05, 0) is 45.1 Å². The monoisotopic (exact) mass is 483 g/mol. The van der Waals surface area contributed by atoms with Gasteiger partial charge in [-0.15, -0.1) is 0 Å². The van der Waals surface area contributed by atoms with Crippen LogP contribution in [0.25, 0.3) is 11.1 Å². The number of anilines is 1. The fourth-order valence-corrected chi connectivity index (χ4v) is 4.72. The fourth-order valence-electron chi connectivity index (χ4n) is 4.72. The smallest absolute Gasteiger partial charge is 0.257 e. The zero-order chi connectivity index (χ0) is 24.9. The van der Waals surface area contributed by atoms with Gasteiger partial charge in [-0.2, -0.15) is 0 Å². The van der Waals surface area contributed by atoms with E-state index in [2.05, 4.69) is 25.9 Å². The molecule has 2 N–H and O–H groups in total. The molecule has 3 heterocycles. The molecule has 3 aromatic heterocycles. The van der Waals surface area contributed by atoms with Gasteiger partial charge >= 0.3 is 0 Å². The minimum Gasteiger partial charge on any atom is -0.364 e. The molecule has 0 radical (unpaired) electrons. The van der Waals surface area contributed by atoms with Crippen LogP contribution < -0.4 is 10.6 Å². The van der Waals surface area contributed by atoms with Gasteiger partial charge in [-0.3, -0.25) is 9.59 Å². The van der Waals surface area contributed by atoms with Crippen LogP contribution in [0, 0.1) is 25.6 Å². The van der Waals surface area contributed by atoms with Crippen LogP contribution in [0.1, 0.15) is 73.0 Å². The zero-order valence-electron chi connectivity index (χ0n) is 20.2. The van der Waals surface area contributed by atoms with E-state index < -0.39 is 23.7 Å². The second kappa shape index (κ2) is 10.8. The molecule has 10 heteroatoms. The lowest BCUT2D eigenvalue weighted by molar-refractivity contribution is -0.119. The summed E-state index contributed by atoms with van der Waals surface area (Å²) in [6.07, 6.45) is 8.97. The van der Waals surface area contributed by atoms with Crippen molar-refractivity contribution in [3.8, 4) is 11.1 Å². The van der Waals surface area contributed by atoms with E-state index in [-0.39, 0.29) is 11.7 Å². The third-order valence-corrected chi connectivity index (χ3v) is 6.57. The van der Waals surface area contributed by atoms with Crippen LogP contribution in [0.3, 0.4) is 0 Å². The number of hydrogen-bond donors (Lipinski definition) is 2. The van der Waals surface area contributed by atoms with Crippen molar-refractivity contribution in [3.63, 3.8) is 0 Å². The summed E-state index contributed by atoms with van der Waals surface area (Å²) in [5, 5.41) is 13.2. The number of nitrogens with one attached hydrogen (secondary N) is 2. The van der Waals surface area contributed by atoms with Crippen molar-refractivity contribution in [2.75, 3.05) is 5.32 Å². The molecule has 0 bridgehead atoms. The lowest BCUT2D eigenvalue weighted by Crippen LogP contribution is -2.48. The molecule has 2 amide bonds. The van der Waals surface area contributed by atoms with E-state index in [4.69, 9.17) is 9.05 Å². The van der Waals surface area contributed by atoms with E-state index in [0.29, 0.717) is 40.3 Å². The molecule has 1 saturated carbocycles. The molecule has 1 aliphatic rings. The molecule has 1 aliphatic carbocycles. The maximum absolute atomic E-state index is 15.0. The SMILES string of the molecule is CCc1nocc1C(=O)N[C@H](C(=O)Nc1ncc(-c2c(C)noc2C)cc1F)C1CCCCCC1. The Morgan fingerprint density at radius 2 is 1.91 bits per heavy atom. The van der Waals surface area contributed by atoms with Gasteiger partial charge in [-0.25, -0.2) is 9.37 Å². The lowest BCUT2D eigenvalue weighted by Gasteiger charge is -2.26. The predicted molar refractivity (Wildman–Crippen MR) is 126 cm³/mol. The van der Waals surface area contributed by atoms with Crippen molar-refractivity contribution < 1.29 is 23.0 Å². The van der Waals surface area contributed by atoms with E-state index in [0.717, 1.165) is 38.5 Å². The molecule has 9 nitrogen and oxygen atoms in total. The molecule has 1 atom stereocenters. The molecule has 0 aliphatic heterocycles. The first-order valence-electron chi connectivity index (χ1n) is 12.0. The third-order valence-electron chi connectivity index (χ3n) is 6.57. The predicted octanol–water partition coefficient (Wildman–Crippen LogP) is 4.75. The summed E-state index contributed by atoms with van der Waals surface area (Å²) in [4.78, 5) is 30.5. The number of amides is 2. The number of pyridine rings is 1. The first-order chi connectivity index (χ1) is 16.9. The second-order valence-electron chi connectivity index (χ2n) is 8.97. The van der Waals surface area contributed by atoms with E-state index in [9.17, 15) is 14.0 Å². The molecule has 0 aromatic carbocycles. The Hall–Kier alpha value is -3.56. The number of rotatable bonds is 7. The average Bonchev–Trinajstić information content (AvgIpc) is 3.35. The molecule has 0 saturated heterocycles. The molecular weight excluding hydrogens is 453 g/mol. The van der Waals surface area contributed by atoms with Crippen molar-refractivity contribution >= 4 is 17.6 Å². The Kier molecular flexibility index (Phi) is 7.57. The summed E-state index contributed by atoms with van der Waals surface area (Å²) in [5.41, 5.74) is 2.61. The first-order valence-corrected chi connectivity index (χ1v) is 12.0. The number of aryl methyl sites for hydroxylation is 3. The second-order valence-corrected chi connectivity index (χ2v) is 8.97. The molecular formula is C25H30FN5O4. The normalized spacial score (nSPS) is 15.4. The van der Waals surface area contributed by atoms with Gasteiger partial charge in [0.15, 0.2) is 11.6 Å². The van der Waals surface area contributed by atoms with Gasteiger partial charge in [0.2, 0.25) is 5.91 Å². The number of carbonyl (C=O) groups excluding carboxylic acids is 2. The molecule has 3 aromatic rings. The van der Waals surface area contributed by atoms with E-state index >= 15 is 0 Å². The Bertz CT molecular complexity index is 1180. The largest absolute Gasteiger partial charge is 0.364 e. The van der Waals surface area contributed by atoms with Crippen LogP contribution in [-0.2, 0) is 11.2 Å². The summed E-state index contributed by atoms with van der Waals surface area (Å²) in [7, 11) is 0. The standard InChI is InChI=1S/C25H30FN5O4/c1-4-20-18(13-34-31-20)24(32)28-22(16-9-7-5-6-8-10-16)25(33)29-23-19(26)11-17(12-27-23)21-14(2)30-35-15(21)3/h11-13,16,22H,4-10H2,1-3H3,(H,28,32)(H,27,29,33)/t22-/m0/s1. The summed E-state index contributed by atoms with van der Waals surface area (Å²) in [6, 6.07) is 0.447. The molecule has 0 spiro atoms. The topological polar surface area (TPSA) is 123 Å². The van der Waals surface area contributed by atoms with Gasteiger partial charge in [0.25, 0.3) is 5.91 Å². The quantitative estimate of drug-likeness (QED) is 0.465. The average molecular weight is 484 g/mol. The number of aromatic nitrogens is 3. The number of halogens is 1. The van der Waals surface area contributed by atoms with Gasteiger partial charge in [-0.1, -0.05) is 42.9 Å². The minimum absolute atomic E-state index is 0.0731. The summed E-state index contributed by atoms with van der Waals surface area (Å²) < 4.78 is 25.1. The number of carbonyl (C=O) groups is 2. The molecule has 4 rings (SSSR count).